The zero-order valence-electron chi connectivity index (χ0n) is 16.4. The number of hydrogen-bond donors (Lipinski definition) is 2. The van der Waals surface area contributed by atoms with Crippen molar-refractivity contribution in [2.45, 2.75) is 33.3 Å². The molecule has 0 radical (unpaired) electrons. The molecule has 2 aromatic carbocycles. The van der Waals surface area contributed by atoms with Crippen LogP contribution in [0.3, 0.4) is 0 Å². The van der Waals surface area contributed by atoms with E-state index >= 15 is 0 Å². The molecule has 150 valence electrons. The molecule has 0 spiro atoms. The van der Waals surface area contributed by atoms with Gasteiger partial charge in [0.15, 0.2) is 12.7 Å². The average molecular weight is 386 g/mol. The summed E-state index contributed by atoms with van der Waals surface area (Å²) in [5.74, 6) is 0.909. The van der Waals surface area contributed by atoms with Crippen molar-refractivity contribution in [2.75, 3.05) is 13.2 Å². The van der Waals surface area contributed by atoms with Gasteiger partial charge in [-0.15, -0.1) is 0 Å². The topological polar surface area (TPSA) is 85.9 Å². The van der Waals surface area contributed by atoms with Crippen LogP contribution in [-0.2, 0) is 16.0 Å². The molecule has 28 heavy (non-hydrogen) atoms. The first-order chi connectivity index (χ1) is 13.5. The zero-order chi connectivity index (χ0) is 20.4. The molecule has 0 saturated heterocycles. The minimum absolute atomic E-state index is 0.207. The summed E-state index contributed by atoms with van der Waals surface area (Å²) in [6.07, 6.45) is 0.0894. The lowest BCUT2D eigenvalue weighted by atomic mass is 10.2. The lowest BCUT2D eigenvalue weighted by Crippen LogP contribution is -2.48. The van der Waals surface area contributed by atoms with Crippen LogP contribution in [0, 0.1) is 0 Å². The molecule has 7 heteroatoms. The molecular formula is C21H26N2O5. The minimum Gasteiger partial charge on any atom is -0.494 e. The third-order valence-electron chi connectivity index (χ3n) is 3.82. The van der Waals surface area contributed by atoms with Crippen LogP contribution in [0.4, 0.5) is 0 Å². The second-order valence-corrected chi connectivity index (χ2v) is 5.99. The Morgan fingerprint density at radius 1 is 0.929 bits per heavy atom. The number of nitrogens with one attached hydrogen (secondary N) is 2. The number of carbonyl (C=O) groups excluding carboxylic acids is 2. The predicted molar refractivity (Wildman–Crippen MR) is 105 cm³/mol. The average Bonchev–Trinajstić information content (AvgIpc) is 2.72. The van der Waals surface area contributed by atoms with Crippen LogP contribution >= 0.6 is 0 Å². The Hall–Kier alpha value is -3.22. The van der Waals surface area contributed by atoms with Crippen molar-refractivity contribution >= 4 is 11.8 Å². The molecule has 0 bridgehead atoms. The molecule has 0 fully saturated rings. The molecule has 0 aliphatic carbocycles. The van der Waals surface area contributed by atoms with Crippen molar-refractivity contribution in [1.29, 1.82) is 0 Å². The lowest BCUT2D eigenvalue weighted by molar-refractivity contribution is -0.133. The summed E-state index contributed by atoms with van der Waals surface area (Å²) in [6, 6.07) is 14.5. The molecule has 2 N–H and O–H groups in total. The van der Waals surface area contributed by atoms with Crippen molar-refractivity contribution in [3.05, 3.63) is 54.1 Å². The summed E-state index contributed by atoms with van der Waals surface area (Å²) >= 11 is 0. The number of carbonyl (C=O) groups is 2. The zero-order valence-corrected chi connectivity index (χ0v) is 16.4. The largest absolute Gasteiger partial charge is 0.494 e. The highest BCUT2D eigenvalue weighted by atomic mass is 16.5. The van der Waals surface area contributed by atoms with Gasteiger partial charge in [0.2, 0.25) is 0 Å². The number of amides is 2. The fourth-order valence-corrected chi connectivity index (χ4v) is 2.31. The van der Waals surface area contributed by atoms with Crippen LogP contribution in [0.2, 0.25) is 0 Å². The Morgan fingerprint density at radius 3 is 2.32 bits per heavy atom. The first-order valence-corrected chi connectivity index (χ1v) is 9.21. The van der Waals surface area contributed by atoms with E-state index in [9.17, 15) is 9.59 Å². The quantitative estimate of drug-likeness (QED) is 0.647. The van der Waals surface area contributed by atoms with Gasteiger partial charge in [-0.1, -0.05) is 19.1 Å². The van der Waals surface area contributed by atoms with Crippen LogP contribution in [0.1, 0.15) is 26.3 Å². The number of benzene rings is 2. The molecule has 0 saturated carbocycles. The predicted octanol–water partition coefficient (Wildman–Crippen LogP) is 2.64. The molecule has 2 aromatic rings. The van der Waals surface area contributed by atoms with Gasteiger partial charge in [-0.05, 0) is 62.2 Å². The number of hydrogen-bond acceptors (Lipinski definition) is 5. The summed E-state index contributed by atoms with van der Waals surface area (Å²) in [5.41, 5.74) is 5.75. The fraction of sp³-hybridized carbons (Fsp3) is 0.333. The van der Waals surface area contributed by atoms with E-state index in [0.717, 1.165) is 17.7 Å². The van der Waals surface area contributed by atoms with Crippen molar-refractivity contribution in [1.82, 2.24) is 10.9 Å². The lowest BCUT2D eigenvalue weighted by Gasteiger charge is -2.15. The van der Waals surface area contributed by atoms with Crippen molar-refractivity contribution in [3.63, 3.8) is 0 Å². The van der Waals surface area contributed by atoms with E-state index in [-0.39, 0.29) is 6.61 Å². The van der Waals surface area contributed by atoms with Crippen molar-refractivity contribution < 1.29 is 23.8 Å². The van der Waals surface area contributed by atoms with Gasteiger partial charge >= 0.3 is 0 Å². The highest BCUT2D eigenvalue weighted by molar-refractivity contribution is 5.85. The van der Waals surface area contributed by atoms with Gasteiger partial charge in [0.1, 0.15) is 17.2 Å². The smallest absolute Gasteiger partial charge is 0.279 e. The number of rotatable bonds is 9. The first kappa shape index (κ1) is 21.1. The fourth-order valence-electron chi connectivity index (χ4n) is 2.31. The molecule has 0 aromatic heterocycles. The molecule has 0 aliphatic heterocycles. The van der Waals surface area contributed by atoms with Gasteiger partial charge in [0, 0.05) is 0 Å². The summed E-state index contributed by atoms with van der Waals surface area (Å²) in [6.45, 7) is 5.90. The Kier molecular flexibility index (Phi) is 8.14. The number of hydrazine groups is 1. The Morgan fingerprint density at radius 2 is 1.64 bits per heavy atom. The standard InChI is InChI=1S/C21H26N2O5/c1-4-16-7-6-8-19(13-16)27-14-20(24)22-23-21(25)15(3)28-18-11-9-17(10-12-18)26-5-2/h6-13,15H,4-5,14H2,1-3H3,(H,22,24)(H,23,25)/t15-/m1/s1. The third kappa shape index (κ3) is 6.83. The third-order valence-corrected chi connectivity index (χ3v) is 3.82. The summed E-state index contributed by atoms with van der Waals surface area (Å²) in [7, 11) is 0. The van der Waals surface area contributed by atoms with Crippen LogP contribution < -0.4 is 25.1 Å². The number of ether oxygens (including phenoxy) is 3. The maximum Gasteiger partial charge on any atom is 0.279 e. The summed E-state index contributed by atoms with van der Waals surface area (Å²) in [5, 5.41) is 0. The summed E-state index contributed by atoms with van der Waals surface area (Å²) < 4.78 is 16.3. The van der Waals surface area contributed by atoms with Gasteiger partial charge in [-0.25, -0.2) is 0 Å². The van der Waals surface area contributed by atoms with Crippen molar-refractivity contribution in [2.24, 2.45) is 0 Å². The maximum atomic E-state index is 12.1. The van der Waals surface area contributed by atoms with E-state index in [1.807, 2.05) is 32.0 Å². The van der Waals surface area contributed by atoms with Crippen LogP contribution in [0.25, 0.3) is 0 Å². The summed E-state index contributed by atoms with van der Waals surface area (Å²) in [4.78, 5) is 23.9. The number of aryl methyl sites for hydroxylation is 1. The van der Waals surface area contributed by atoms with Gasteiger partial charge < -0.3 is 14.2 Å². The molecule has 2 rings (SSSR count). The Labute approximate surface area is 165 Å². The molecule has 0 unspecified atom stereocenters. The van der Waals surface area contributed by atoms with Crippen LogP contribution in [0.15, 0.2) is 48.5 Å². The highest BCUT2D eigenvalue weighted by Gasteiger charge is 2.15. The molecule has 2 amide bonds. The van der Waals surface area contributed by atoms with Gasteiger partial charge in [-0.2, -0.15) is 0 Å². The van der Waals surface area contributed by atoms with Gasteiger partial charge in [0.05, 0.1) is 6.61 Å². The minimum atomic E-state index is -0.791. The molecule has 0 aliphatic rings. The monoisotopic (exact) mass is 386 g/mol. The highest BCUT2D eigenvalue weighted by Crippen LogP contribution is 2.18. The Balaban J connectivity index is 1.73. The van der Waals surface area contributed by atoms with E-state index in [4.69, 9.17) is 14.2 Å². The van der Waals surface area contributed by atoms with E-state index in [0.29, 0.717) is 18.1 Å². The SMILES string of the molecule is CCOc1ccc(O[C@H](C)C(=O)NNC(=O)COc2cccc(CC)c2)cc1. The van der Waals surface area contributed by atoms with E-state index in [1.54, 1.807) is 37.3 Å². The molecule has 7 nitrogen and oxygen atoms in total. The second kappa shape index (κ2) is 10.8. The normalized spacial score (nSPS) is 11.2. The van der Waals surface area contributed by atoms with Crippen LogP contribution in [0.5, 0.6) is 17.2 Å². The van der Waals surface area contributed by atoms with Gasteiger partial charge in [0.25, 0.3) is 11.8 Å². The first-order valence-electron chi connectivity index (χ1n) is 9.21. The van der Waals surface area contributed by atoms with Crippen molar-refractivity contribution in [3.8, 4) is 17.2 Å². The van der Waals surface area contributed by atoms with Gasteiger partial charge in [-0.3, -0.25) is 20.4 Å². The van der Waals surface area contributed by atoms with E-state index in [1.165, 1.54) is 0 Å². The Bertz CT molecular complexity index is 777. The maximum absolute atomic E-state index is 12.1. The second-order valence-electron chi connectivity index (χ2n) is 5.99. The van der Waals surface area contributed by atoms with E-state index in [2.05, 4.69) is 10.9 Å². The molecular weight excluding hydrogens is 360 g/mol. The van der Waals surface area contributed by atoms with E-state index < -0.39 is 17.9 Å². The molecule has 1 atom stereocenters. The molecule has 0 heterocycles. The van der Waals surface area contributed by atoms with Crippen LogP contribution in [-0.4, -0.2) is 31.1 Å².